The van der Waals surface area contributed by atoms with Gasteiger partial charge in [-0.05, 0) is 36.8 Å². The smallest absolute Gasteiger partial charge is 0.305 e. The molecule has 0 bridgehead atoms. The molecule has 1 aromatic carbocycles. The molecule has 23 heavy (non-hydrogen) atoms. The molecule has 0 aliphatic heterocycles. The molecule has 0 aliphatic carbocycles. The van der Waals surface area contributed by atoms with Crippen molar-refractivity contribution in [1.29, 1.82) is 0 Å². The number of ether oxygens (including phenoxy) is 1. The van der Waals surface area contributed by atoms with Crippen molar-refractivity contribution in [2.75, 3.05) is 7.11 Å². The minimum atomic E-state index is -0.134. The summed E-state index contributed by atoms with van der Waals surface area (Å²) in [5, 5.41) is 0. The third-order valence-electron chi connectivity index (χ3n) is 3.79. The van der Waals surface area contributed by atoms with Crippen LogP contribution in [0.5, 0.6) is 0 Å². The number of benzene rings is 1. The number of hydrogen-bond acceptors (Lipinski definition) is 2. The summed E-state index contributed by atoms with van der Waals surface area (Å²) in [5.41, 5.74) is 2.49. The molecule has 0 N–H and O–H groups in total. The predicted molar refractivity (Wildman–Crippen MR) is 99.1 cm³/mol. The zero-order valence-electron chi connectivity index (χ0n) is 14.6. The summed E-state index contributed by atoms with van der Waals surface area (Å²) >= 11 is 0. The van der Waals surface area contributed by atoms with Gasteiger partial charge in [0.15, 0.2) is 0 Å². The van der Waals surface area contributed by atoms with Crippen molar-refractivity contribution in [3.63, 3.8) is 0 Å². The van der Waals surface area contributed by atoms with Crippen LogP contribution in [0.4, 0.5) is 0 Å². The Morgan fingerprint density at radius 2 is 1.57 bits per heavy atom. The molecule has 2 nitrogen and oxygen atoms in total. The summed E-state index contributed by atoms with van der Waals surface area (Å²) < 4.78 is 4.64. The fraction of sp³-hybridized carbons (Fsp3) is 0.476. The van der Waals surface area contributed by atoms with Crippen LogP contribution in [0, 0.1) is 0 Å². The Labute approximate surface area is 141 Å². The third-order valence-corrected chi connectivity index (χ3v) is 3.79. The van der Waals surface area contributed by atoms with E-state index in [1.54, 1.807) is 0 Å². The molecule has 0 fully saturated rings. The van der Waals surface area contributed by atoms with Gasteiger partial charge in [-0.2, -0.15) is 0 Å². The molecule has 0 saturated carbocycles. The van der Waals surface area contributed by atoms with E-state index in [2.05, 4.69) is 60.2 Å². The number of unbranched alkanes of at least 4 members (excludes halogenated alkanes) is 5. The Balaban J connectivity index is 2.43. The van der Waals surface area contributed by atoms with Crippen molar-refractivity contribution in [2.24, 2.45) is 0 Å². The number of carbonyl (C=O) groups is 1. The molecule has 0 aromatic heterocycles. The molecule has 0 spiro atoms. The molecule has 126 valence electrons. The van der Waals surface area contributed by atoms with E-state index in [0.717, 1.165) is 19.3 Å². The highest BCUT2D eigenvalue weighted by Gasteiger charge is 1.98. The average Bonchev–Trinajstić information content (AvgIpc) is 2.58. The third kappa shape index (κ3) is 9.02. The lowest BCUT2D eigenvalue weighted by atomic mass is 10.0. The summed E-state index contributed by atoms with van der Waals surface area (Å²) in [6.07, 6.45) is 17.4. The molecule has 1 rings (SSSR count). The fourth-order valence-electron chi connectivity index (χ4n) is 2.39. The van der Waals surface area contributed by atoms with Crippen LogP contribution in [0.15, 0.2) is 36.4 Å². The van der Waals surface area contributed by atoms with E-state index in [9.17, 15) is 4.79 Å². The summed E-state index contributed by atoms with van der Waals surface area (Å²) in [6, 6.07) is 8.42. The maximum Gasteiger partial charge on any atom is 0.305 e. The van der Waals surface area contributed by atoms with Gasteiger partial charge >= 0.3 is 5.97 Å². The summed E-state index contributed by atoms with van der Waals surface area (Å²) in [6.45, 7) is 2.24. The van der Waals surface area contributed by atoms with Gasteiger partial charge in [0.05, 0.1) is 7.11 Å². The zero-order valence-corrected chi connectivity index (χ0v) is 14.6. The normalized spacial score (nSPS) is 11.4. The van der Waals surface area contributed by atoms with E-state index < -0.39 is 0 Å². The molecule has 2 heteroatoms. The summed E-state index contributed by atoms with van der Waals surface area (Å²) in [4.78, 5) is 11.1. The van der Waals surface area contributed by atoms with E-state index in [0.29, 0.717) is 6.42 Å². The Kier molecular flexibility index (Phi) is 10.6. The SMILES string of the molecule is CCCCCC/C=C\c1ccccc1/C=C\CCCC(=O)OC. The first-order valence-electron chi connectivity index (χ1n) is 8.77. The van der Waals surface area contributed by atoms with E-state index in [1.165, 1.54) is 43.9 Å². The van der Waals surface area contributed by atoms with E-state index in [-0.39, 0.29) is 5.97 Å². The van der Waals surface area contributed by atoms with E-state index in [4.69, 9.17) is 0 Å². The number of rotatable bonds is 11. The molecular weight excluding hydrogens is 284 g/mol. The second kappa shape index (κ2) is 12.7. The second-order valence-electron chi connectivity index (χ2n) is 5.75. The van der Waals surface area contributed by atoms with Crippen LogP contribution in [0.25, 0.3) is 12.2 Å². The maximum atomic E-state index is 11.1. The van der Waals surface area contributed by atoms with Gasteiger partial charge in [0.25, 0.3) is 0 Å². The van der Waals surface area contributed by atoms with Gasteiger partial charge in [-0.15, -0.1) is 0 Å². The van der Waals surface area contributed by atoms with Gasteiger partial charge in [-0.3, -0.25) is 4.79 Å². The monoisotopic (exact) mass is 314 g/mol. The minimum absolute atomic E-state index is 0.134. The van der Waals surface area contributed by atoms with Crippen molar-refractivity contribution in [3.8, 4) is 0 Å². The van der Waals surface area contributed by atoms with Gasteiger partial charge in [0.1, 0.15) is 0 Å². The van der Waals surface area contributed by atoms with Crippen molar-refractivity contribution in [2.45, 2.75) is 58.3 Å². The first-order valence-corrected chi connectivity index (χ1v) is 8.77. The lowest BCUT2D eigenvalue weighted by Gasteiger charge is -2.01. The molecule has 0 radical (unpaired) electrons. The van der Waals surface area contributed by atoms with Gasteiger partial charge in [0.2, 0.25) is 0 Å². The zero-order chi connectivity index (χ0) is 16.8. The molecule has 0 aliphatic rings. The topological polar surface area (TPSA) is 26.3 Å². The maximum absolute atomic E-state index is 11.1. The highest BCUT2D eigenvalue weighted by molar-refractivity contribution is 5.69. The van der Waals surface area contributed by atoms with Gasteiger partial charge in [-0.1, -0.05) is 74.8 Å². The quantitative estimate of drug-likeness (QED) is 0.368. The molecule has 0 atom stereocenters. The Hall–Kier alpha value is -1.83. The van der Waals surface area contributed by atoms with Crippen LogP contribution in [-0.2, 0) is 9.53 Å². The van der Waals surface area contributed by atoms with E-state index >= 15 is 0 Å². The van der Waals surface area contributed by atoms with Crippen LogP contribution < -0.4 is 0 Å². The lowest BCUT2D eigenvalue weighted by Crippen LogP contribution is -1.98. The van der Waals surface area contributed by atoms with Crippen LogP contribution in [0.2, 0.25) is 0 Å². The minimum Gasteiger partial charge on any atom is -0.469 e. The molecular formula is C21H30O2. The number of methoxy groups -OCH3 is 1. The van der Waals surface area contributed by atoms with Crippen molar-refractivity contribution in [3.05, 3.63) is 47.5 Å². The van der Waals surface area contributed by atoms with Crippen LogP contribution in [0.3, 0.4) is 0 Å². The Morgan fingerprint density at radius 1 is 0.957 bits per heavy atom. The average molecular weight is 314 g/mol. The van der Waals surface area contributed by atoms with Crippen LogP contribution in [-0.4, -0.2) is 13.1 Å². The number of hydrogen-bond donors (Lipinski definition) is 0. The van der Waals surface area contributed by atoms with Crippen LogP contribution in [0.1, 0.15) is 69.4 Å². The fourth-order valence-corrected chi connectivity index (χ4v) is 2.39. The van der Waals surface area contributed by atoms with Crippen molar-refractivity contribution < 1.29 is 9.53 Å². The molecule has 0 heterocycles. The molecule has 0 unspecified atom stereocenters. The molecule has 0 amide bonds. The summed E-state index contributed by atoms with van der Waals surface area (Å²) in [7, 11) is 1.43. The molecule has 0 saturated heterocycles. The first-order chi connectivity index (χ1) is 11.3. The predicted octanol–water partition coefficient (Wildman–Crippen LogP) is 6.03. The van der Waals surface area contributed by atoms with Gasteiger partial charge in [-0.25, -0.2) is 0 Å². The Bertz CT molecular complexity index is 500. The van der Waals surface area contributed by atoms with Crippen molar-refractivity contribution in [1.82, 2.24) is 0 Å². The first kappa shape index (κ1) is 19.2. The van der Waals surface area contributed by atoms with Crippen LogP contribution >= 0.6 is 0 Å². The highest BCUT2D eigenvalue weighted by Crippen LogP contribution is 2.15. The lowest BCUT2D eigenvalue weighted by molar-refractivity contribution is -0.140. The Morgan fingerprint density at radius 3 is 2.13 bits per heavy atom. The van der Waals surface area contributed by atoms with Crippen molar-refractivity contribution >= 4 is 18.1 Å². The van der Waals surface area contributed by atoms with Gasteiger partial charge < -0.3 is 4.74 Å². The van der Waals surface area contributed by atoms with E-state index in [1.807, 2.05) is 0 Å². The highest BCUT2D eigenvalue weighted by atomic mass is 16.5. The second-order valence-corrected chi connectivity index (χ2v) is 5.75. The largest absolute Gasteiger partial charge is 0.469 e. The molecule has 1 aromatic rings. The number of allylic oxidation sites excluding steroid dienone is 2. The standard InChI is InChI=1S/C21H30O2/c1-3-4-5-6-7-9-14-19-16-12-13-17-20(19)15-10-8-11-18-21(22)23-2/h9-10,12-17H,3-8,11,18H2,1-2H3/b14-9-,15-10-. The number of esters is 1. The number of carbonyl (C=O) groups excluding carboxylic acids is 1. The summed E-state index contributed by atoms with van der Waals surface area (Å²) in [5.74, 6) is -0.134. The van der Waals surface area contributed by atoms with Gasteiger partial charge in [0, 0.05) is 6.42 Å².